The normalized spacial score (nSPS) is 10.2. The highest BCUT2D eigenvalue weighted by Crippen LogP contribution is 2.31. The Morgan fingerprint density at radius 2 is 1.57 bits per heavy atom. The first-order chi connectivity index (χ1) is 9.95. The summed E-state index contributed by atoms with van der Waals surface area (Å²) in [7, 11) is 1.52. The van der Waals surface area contributed by atoms with Crippen LogP contribution in [0.15, 0.2) is 36.4 Å². The Morgan fingerprint density at radius 3 is 2.05 bits per heavy atom. The number of aromatic carboxylic acids is 2. The van der Waals surface area contributed by atoms with E-state index in [4.69, 9.17) is 4.74 Å². The van der Waals surface area contributed by atoms with Crippen molar-refractivity contribution < 1.29 is 24.5 Å². The second kappa shape index (κ2) is 5.66. The molecule has 0 saturated carbocycles. The second-order valence-corrected chi connectivity index (χ2v) is 4.52. The number of ether oxygens (including phenoxy) is 1. The van der Waals surface area contributed by atoms with E-state index in [-0.39, 0.29) is 16.7 Å². The van der Waals surface area contributed by atoms with Crippen LogP contribution in [-0.2, 0) is 0 Å². The maximum Gasteiger partial charge on any atom is 0.336 e. The summed E-state index contributed by atoms with van der Waals surface area (Å²) in [6.45, 7) is 1.64. The van der Waals surface area contributed by atoms with Crippen LogP contribution in [0.3, 0.4) is 0 Å². The molecule has 108 valence electrons. The predicted molar refractivity (Wildman–Crippen MR) is 77.1 cm³/mol. The SMILES string of the molecule is COc1ccc(-c2c(C(=O)O)ccc(C)c2C(=O)O)cc1. The zero-order valence-electron chi connectivity index (χ0n) is 11.6. The molecule has 2 aromatic carbocycles. The maximum absolute atomic E-state index is 11.5. The van der Waals surface area contributed by atoms with Gasteiger partial charge in [-0.25, -0.2) is 9.59 Å². The summed E-state index contributed by atoms with van der Waals surface area (Å²) in [5.74, 6) is -1.70. The topological polar surface area (TPSA) is 83.8 Å². The molecule has 5 heteroatoms. The van der Waals surface area contributed by atoms with Gasteiger partial charge >= 0.3 is 11.9 Å². The van der Waals surface area contributed by atoms with Gasteiger partial charge in [0.15, 0.2) is 0 Å². The third-order valence-corrected chi connectivity index (χ3v) is 3.24. The molecule has 0 radical (unpaired) electrons. The van der Waals surface area contributed by atoms with E-state index in [0.717, 1.165) is 0 Å². The van der Waals surface area contributed by atoms with E-state index in [0.29, 0.717) is 16.9 Å². The molecule has 2 N–H and O–H groups in total. The average Bonchev–Trinajstić information content (AvgIpc) is 2.46. The smallest absolute Gasteiger partial charge is 0.336 e. The summed E-state index contributed by atoms with van der Waals surface area (Å²) in [6.07, 6.45) is 0. The molecule has 0 aliphatic carbocycles. The Labute approximate surface area is 121 Å². The van der Waals surface area contributed by atoms with Crippen molar-refractivity contribution in [1.82, 2.24) is 0 Å². The first-order valence-electron chi connectivity index (χ1n) is 6.20. The van der Waals surface area contributed by atoms with Crippen molar-refractivity contribution >= 4 is 11.9 Å². The monoisotopic (exact) mass is 286 g/mol. The Balaban J connectivity index is 2.76. The van der Waals surface area contributed by atoms with Gasteiger partial charge in [0.25, 0.3) is 0 Å². The molecule has 0 atom stereocenters. The van der Waals surface area contributed by atoms with E-state index in [9.17, 15) is 19.8 Å². The minimum atomic E-state index is -1.16. The Kier molecular flexibility index (Phi) is 3.93. The number of hydrogen-bond acceptors (Lipinski definition) is 3. The van der Waals surface area contributed by atoms with Crippen molar-refractivity contribution in [3.63, 3.8) is 0 Å². The number of rotatable bonds is 4. The molecule has 0 aliphatic rings. The first kappa shape index (κ1) is 14.6. The maximum atomic E-state index is 11.5. The van der Waals surface area contributed by atoms with E-state index in [1.165, 1.54) is 19.2 Å². The van der Waals surface area contributed by atoms with Gasteiger partial charge in [-0.2, -0.15) is 0 Å². The minimum Gasteiger partial charge on any atom is -0.497 e. The molecule has 5 nitrogen and oxygen atoms in total. The van der Waals surface area contributed by atoms with Gasteiger partial charge in [-0.05, 0) is 36.2 Å². The van der Waals surface area contributed by atoms with Crippen LogP contribution in [-0.4, -0.2) is 29.3 Å². The molecule has 0 spiro atoms. The third kappa shape index (κ3) is 2.72. The molecule has 2 rings (SSSR count). The highest BCUT2D eigenvalue weighted by molar-refractivity contribution is 6.05. The van der Waals surface area contributed by atoms with Gasteiger partial charge in [0.1, 0.15) is 5.75 Å². The Morgan fingerprint density at radius 1 is 0.952 bits per heavy atom. The number of hydrogen-bond donors (Lipinski definition) is 2. The Hall–Kier alpha value is -2.82. The van der Waals surface area contributed by atoms with Gasteiger partial charge in [0.2, 0.25) is 0 Å². The number of aryl methyl sites for hydroxylation is 1. The van der Waals surface area contributed by atoms with Gasteiger partial charge in [0.05, 0.1) is 18.2 Å². The molecule has 21 heavy (non-hydrogen) atoms. The van der Waals surface area contributed by atoms with E-state index in [1.807, 2.05) is 0 Å². The molecule has 0 fully saturated rings. The third-order valence-electron chi connectivity index (χ3n) is 3.24. The van der Waals surface area contributed by atoms with Crippen LogP contribution in [0.1, 0.15) is 26.3 Å². The molecule has 0 amide bonds. The lowest BCUT2D eigenvalue weighted by Gasteiger charge is -2.13. The summed E-state index contributed by atoms with van der Waals surface area (Å²) in [4.78, 5) is 22.9. The van der Waals surface area contributed by atoms with Crippen LogP contribution >= 0.6 is 0 Å². The summed E-state index contributed by atoms with van der Waals surface area (Å²) in [5.41, 5.74) is 1.20. The molecular formula is C16H14O5. The van der Waals surface area contributed by atoms with Gasteiger partial charge in [-0.15, -0.1) is 0 Å². The lowest BCUT2D eigenvalue weighted by Crippen LogP contribution is -2.09. The van der Waals surface area contributed by atoms with Gasteiger partial charge in [-0.1, -0.05) is 18.2 Å². The molecular weight excluding hydrogens is 272 g/mol. The van der Waals surface area contributed by atoms with E-state index in [1.54, 1.807) is 31.2 Å². The van der Waals surface area contributed by atoms with Crippen LogP contribution in [0.5, 0.6) is 5.75 Å². The van der Waals surface area contributed by atoms with Crippen molar-refractivity contribution in [3.8, 4) is 16.9 Å². The molecule has 0 bridgehead atoms. The number of carboxylic acids is 2. The molecule has 0 heterocycles. The van der Waals surface area contributed by atoms with Crippen molar-refractivity contribution in [1.29, 1.82) is 0 Å². The highest BCUT2D eigenvalue weighted by atomic mass is 16.5. The van der Waals surface area contributed by atoms with Gasteiger partial charge in [0, 0.05) is 5.56 Å². The van der Waals surface area contributed by atoms with Crippen LogP contribution in [0, 0.1) is 6.92 Å². The van der Waals surface area contributed by atoms with Crippen molar-refractivity contribution in [2.24, 2.45) is 0 Å². The van der Waals surface area contributed by atoms with Crippen molar-refractivity contribution in [2.45, 2.75) is 6.92 Å². The van der Waals surface area contributed by atoms with Crippen LogP contribution < -0.4 is 4.74 Å². The zero-order valence-corrected chi connectivity index (χ0v) is 11.6. The Bertz CT molecular complexity index is 701. The van der Waals surface area contributed by atoms with Gasteiger partial charge < -0.3 is 14.9 Å². The quantitative estimate of drug-likeness (QED) is 0.902. The highest BCUT2D eigenvalue weighted by Gasteiger charge is 2.21. The zero-order chi connectivity index (χ0) is 15.6. The van der Waals surface area contributed by atoms with Crippen LogP contribution in [0.4, 0.5) is 0 Å². The predicted octanol–water partition coefficient (Wildman–Crippen LogP) is 3.07. The molecule has 0 aliphatic heterocycles. The second-order valence-electron chi connectivity index (χ2n) is 4.52. The summed E-state index contributed by atoms with van der Waals surface area (Å²) in [6, 6.07) is 9.53. The van der Waals surface area contributed by atoms with E-state index in [2.05, 4.69) is 0 Å². The number of carbonyl (C=O) groups is 2. The van der Waals surface area contributed by atoms with Crippen molar-refractivity contribution in [2.75, 3.05) is 7.11 Å². The van der Waals surface area contributed by atoms with Gasteiger partial charge in [-0.3, -0.25) is 0 Å². The largest absolute Gasteiger partial charge is 0.497 e. The molecule has 0 aromatic heterocycles. The number of benzene rings is 2. The van der Waals surface area contributed by atoms with Crippen molar-refractivity contribution in [3.05, 3.63) is 53.1 Å². The lowest BCUT2D eigenvalue weighted by molar-refractivity contribution is 0.0695. The fourth-order valence-electron chi connectivity index (χ4n) is 2.22. The first-order valence-corrected chi connectivity index (χ1v) is 6.20. The average molecular weight is 286 g/mol. The summed E-state index contributed by atoms with van der Waals surface area (Å²) < 4.78 is 5.05. The fraction of sp³-hybridized carbons (Fsp3) is 0.125. The summed E-state index contributed by atoms with van der Waals surface area (Å²) >= 11 is 0. The number of methoxy groups -OCH3 is 1. The lowest BCUT2D eigenvalue weighted by atomic mass is 9.91. The van der Waals surface area contributed by atoms with E-state index >= 15 is 0 Å². The van der Waals surface area contributed by atoms with Crippen LogP contribution in [0.25, 0.3) is 11.1 Å². The van der Waals surface area contributed by atoms with E-state index < -0.39 is 11.9 Å². The molecule has 2 aromatic rings. The standard InChI is InChI=1S/C16H14O5/c1-9-3-8-12(15(17)18)14(13(9)16(19)20)10-4-6-11(21-2)7-5-10/h3-8H,1-2H3,(H,17,18)(H,19,20). The summed E-state index contributed by atoms with van der Waals surface area (Å²) in [5, 5.41) is 18.7. The fourth-order valence-corrected chi connectivity index (χ4v) is 2.22. The number of carboxylic acid groups (broad SMARTS) is 2. The molecule has 0 saturated heterocycles. The molecule has 0 unspecified atom stereocenters. The van der Waals surface area contributed by atoms with Crippen LogP contribution in [0.2, 0.25) is 0 Å². The minimum absolute atomic E-state index is 0.0000619.